The Bertz CT molecular complexity index is 715. The molecule has 1 amide bonds. The normalized spacial score (nSPS) is 14.6. The SMILES string of the molecule is COc1ccc(CNC(=O)c2cnc(NCCN3CCOCC3)cn2)cc1. The van der Waals surface area contributed by atoms with E-state index in [0.717, 1.165) is 50.7 Å². The van der Waals surface area contributed by atoms with Gasteiger partial charge in [0.2, 0.25) is 0 Å². The molecule has 0 unspecified atom stereocenters. The monoisotopic (exact) mass is 371 g/mol. The van der Waals surface area contributed by atoms with Crippen molar-refractivity contribution in [1.29, 1.82) is 0 Å². The van der Waals surface area contributed by atoms with Gasteiger partial charge in [0.05, 0.1) is 32.7 Å². The quantitative estimate of drug-likeness (QED) is 0.720. The average Bonchev–Trinajstić information content (AvgIpc) is 2.73. The van der Waals surface area contributed by atoms with Crippen molar-refractivity contribution in [1.82, 2.24) is 20.2 Å². The van der Waals surface area contributed by atoms with E-state index in [4.69, 9.17) is 9.47 Å². The van der Waals surface area contributed by atoms with Crippen molar-refractivity contribution in [2.24, 2.45) is 0 Å². The summed E-state index contributed by atoms with van der Waals surface area (Å²) in [5.74, 6) is 1.20. The molecule has 27 heavy (non-hydrogen) atoms. The van der Waals surface area contributed by atoms with Gasteiger partial charge in [-0.1, -0.05) is 12.1 Å². The zero-order chi connectivity index (χ0) is 18.9. The number of carbonyl (C=O) groups excluding carboxylic acids is 1. The Morgan fingerprint density at radius 3 is 2.63 bits per heavy atom. The number of anilines is 1. The lowest BCUT2D eigenvalue weighted by Crippen LogP contribution is -2.39. The fourth-order valence-electron chi connectivity index (χ4n) is 2.72. The van der Waals surface area contributed by atoms with Crippen LogP contribution in [0.2, 0.25) is 0 Å². The minimum absolute atomic E-state index is 0.252. The molecule has 1 fully saturated rings. The van der Waals surface area contributed by atoms with Crippen molar-refractivity contribution in [3.8, 4) is 5.75 Å². The van der Waals surface area contributed by atoms with Crippen molar-refractivity contribution in [3.63, 3.8) is 0 Å². The zero-order valence-electron chi connectivity index (χ0n) is 15.5. The molecule has 1 saturated heterocycles. The van der Waals surface area contributed by atoms with Gasteiger partial charge in [0.15, 0.2) is 0 Å². The summed E-state index contributed by atoms with van der Waals surface area (Å²) in [5.41, 5.74) is 1.28. The maximum absolute atomic E-state index is 12.2. The van der Waals surface area contributed by atoms with Crippen LogP contribution in [0.15, 0.2) is 36.7 Å². The lowest BCUT2D eigenvalue weighted by Gasteiger charge is -2.26. The van der Waals surface area contributed by atoms with Crippen LogP contribution >= 0.6 is 0 Å². The summed E-state index contributed by atoms with van der Waals surface area (Å²) in [4.78, 5) is 23.0. The molecular formula is C19H25N5O3. The van der Waals surface area contributed by atoms with E-state index in [-0.39, 0.29) is 5.91 Å². The first-order chi connectivity index (χ1) is 13.2. The van der Waals surface area contributed by atoms with Crippen LogP contribution in [0.1, 0.15) is 16.1 Å². The first-order valence-electron chi connectivity index (χ1n) is 9.02. The molecule has 1 aliphatic rings. The number of hydrogen-bond acceptors (Lipinski definition) is 7. The molecular weight excluding hydrogens is 346 g/mol. The molecule has 0 spiro atoms. The van der Waals surface area contributed by atoms with Gasteiger partial charge in [-0.2, -0.15) is 0 Å². The van der Waals surface area contributed by atoms with E-state index < -0.39 is 0 Å². The second kappa shape index (κ2) is 9.84. The Morgan fingerprint density at radius 2 is 1.96 bits per heavy atom. The summed E-state index contributed by atoms with van der Waals surface area (Å²) in [5, 5.41) is 6.06. The Labute approximate surface area is 158 Å². The molecule has 0 atom stereocenters. The smallest absolute Gasteiger partial charge is 0.271 e. The molecule has 0 aliphatic carbocycles. The molecule has 3 rings (SSSR count). The molecule has 1 aromatic heterocycles. The molecule has 1 aliphatic heterocycles. The van der Waals surface area contributed by atoms with E-state index in [9.17, 15) is 4.79 Å². The van der Waals surface area contributed by atoms with Gasteiger partial charge in [-0.25, -0.2) is 9.97 Å². The number of carbonyl (C=O) groups is 1. The first-order valence-corrected chi connectivity index (χ1v) is 9.02. The summed E-state index contributed by atoms with van der Waals surface area (Å²) in [7, 11) is 1.62. The molecule has 2 N–H and O–H groups in total. The van der Waals surface area contributed by atoms with Gasteiger partial charge in [0, 0.05) is 32.7 Å². The van der Waals surface area contributed by atoms with E-state index >= 15 is 0 Å². The van der Waals surface area contributed by atoms with E-state index in [2.05, 4.69) is 25.5 Å². The van der Waals surface area contributed by atoms with E-state index in [1.165, 1.54) is 6.20 Å². The fourth-order valence-corrected chi connectivity index (χ4v) is 2.72. The zero-order valence-corrected chi connectivity index (χ0v) is 15.5. The van der Waals surface area contributed by atoms with Crippen LogP contribution in [-0.4, -0.2) is 67.3 Å². The number of hydrogen-bond donors (Lipinski definition) is 2. The third-order valence-corrected chi connectivity index (χ3v) is 4.33. The summed E-state index contributed by atoms with van der Waals surface area (Å²) in [6.45, 7) is 5.62. The Balaban J connectivity index is 1.42. The highest BCUT2D eigenvalue weighted by atomic mass is 16.5. The molecule has 2 heterocycles. The first kappa shape index (κ1) is 19.1. The van der Waals surface area contributed by atoms with Crippen LogP contribution in [0.3, 0.4) is 0 Å². The second-order valence-electron chi connectivity index (χ2n) is 6.20. The Kier molecular flexibility index (Phi) is 6.95. The average molecular weight is 371 g/mol. The number of nitrogens with one attached hydrogen (secondary N) is 2. The number of methoxy groups -OCH3 is 1. The predicted octanol–water partition coefficient (Wildman–Crippen LogP) is 1.16. The molecule has 8 nitrogen and oxygen atoms in total. The lowest BCUT2D eigenvalue weighted by molar-refractivity contribution is 0.0398. The Hall–Kier alpha value is -2.71. The molecule has 0 bridgehead atoms. The topological polar surface area (TPSA) is 88.6 Å². The van der Waals surface area contributed by atoms with Gasteiger partial charge in [-0.05, 0) is 17.7 Å². The van der Waals surface area contributed by atoms with Crippen LogP contribution in [0.5, 0.6) is 5.75 Å². The summed E-state index contributed by atoms with van der Waals surface area (Å²) in [6.07, 6.45) is 3.07. The van der Waals surface area contributed by atoms with Gasteiger partial charge in [0.25, 0.3) is 5.91 Å². The number of aromatic nitrogens is 2. The molecule has 2 aromatic rings. The van der Waals surface area contributed by atoms with Crippen molar-refractivity contribution in [2.75, 3.05) is 51.8 Å². The van der Waals surface area contributed by atoms with E-state index in [1.807, 2.05) is 24.3 Å². The summed E-state index contributed by atoms with van der Waals surface area (Å²) >= 11 is 0. The number of ether oxygens (including phenoxy) is 2. The lowest BCUT2D eigenvalue weighted by atomic mass is 10.2. The van der Waals surface area contributed by atoms with Crippen molar-refractivity contribution in [3.05, 3.63) is 47.9 Å². The number of nitrogens with zero attached hydrogens (tertiary/aromatic N) is 3. The predicted molar refractivity (Wildman–Crippen MR) is 102 cm³/mol. The Morgan fingerprint density at radius 1 is 1.19 bits per heavy atom. The molecule has 0 saturated carbocycles. The minimum atomic E-state index is -0.252. The van der Waals surface area contributed by atoms with Gasteiger partial charge in [-0.3, -0.25) is 9.69 Å². The molecule has 0 radical (unpaired) electrons. The number of benzene rings is 1. The fraction of sp³-hybridized carbons (Fsp3) is 0.421. The van der Waals surface area contributed by atoms with E-state index in [0.29, 0.717) is 18.1 Å². The number of rotatable bonds is 8. The van der Waals surface area contributed by atoms with Crippen molar-refractivity contribution >= 4 is 11.7 Å². The minimum Gasteiger partial charge on any atom is -0.497 e. The molecule has 144 valence electrons. The van der Waals surface area contributed by atoms with Gasteiger partial charge < -0.3 is 20.1 Å². The van der Waals surface area contributed by atoms with Crippen LogP contribution < -0.4 is 15.4 Å². The maximum atomic E-state index is 12.2. The largest absolute Gasteiger partial charge is 0.497 e. The van der Waals surface area contributed by atoms with Gasteiger partial charge in [0.1, 0.15) is 17.3 Å². The van der Waals surface area contributed by atoms with Crippen LogP contribution in [0.25, 0.3) is 0 Å². The highest BCUT2D eigenvalue weighted by Crippen LogP contribution is 2.11. The molecule has 8 heteroatoms. The van der Waals surface area contributed by atoms with Crippen LogP contribution in [0.4, 0.5) is 5.82 Å². The third kappa shape index (κ3) is 5.90. The maximum Gasteiger partial charge on any atom is 0.271 e. The van der Waals surface area contributed by atoms with E-state index in [1.54, 1.807) is 13.3 Å². The van der Waals surface area contributed by atoms with Crippen LogP contribution in [0, 0.1) is 0 Å². The number of morpholine rings is 1. The standard InChI is InChI=1S/C19H25N5O3/c1-26-16-4-2-15(3-5-16)12-23-19(25)17-13-22-18(14-21-17)20-6-7-24-8-10-27-11-9-24/h2-5,13-14H,6-12H2,1H3,(H,20,22)(H,23,25). The highest BCUT2D eigenvalue weighted by molar-refractivity contribution is 5.91. The van der Waals surface area contributed by atoms with Crippen molar-refractivity contribution < 1.29 is 14.3 Å². The third-order valence-electron chi connectivity index (χ3n) is 4.33. The van der Waals surface area contributed by atoms with Crippen molar-refractivity contribution in [2.45, 2.75) is 6.54 Å². The summed E-state index contributed by atoms with van der Waals surface area (Å²) < 4.78 is 10.4. The second-order valence-corrected chi connectivity index (χ2v) is 6.20. The van der Waals surface area contributed by atoms with Gasteiger partial charge in [-0.15, -0.1) is 0 Å². The highest BCUT2D eigenvalue weighted by Gasteiger charge is 2.10. The van der Waals surface area contributed by atoms with Gasteiger partial charge >= 0.3 is 0 Å². The number of amides is 1. The summed E-state index contributed by atoms with van der Waals surface area (Å²) in [6, 6.07) is 7.54. The molecule has 1 aromatic carbocycles. The van der Waals surface area contributed by atoms with Crippen LogP contribution in [-0.2, 0) is 11.3 Å².